The summed E-state index contributed by atoms with van der Waals surface area (Å²) >= 11 is 0. The molecule has 2 heteroatoms. The van der Waals surface area contributed by atoms with E-state index < -0.39 is 0 Å². The Balaban J connectivity index is 2.45. The summed E-state index contributed by atoms with van der Waals surface area (Å²) in [5.74, 6) is 0.371. The molecule has 0 saturated carbocycles. The quantitative estimate of drug-likeness (QED) is 0.348. The van der Waals surface area contributed by atoms with Gasteiger partial charge in [0.25, 0.3) is 0 Å². The lowest BCUT2D eigenvalue weighted by molar-refractivity contribution is -0.115. The largest absolute Gasteiger partial charge is 0.295 e. The predicted octanol–water partition coefficient (Wildman–Crippen LogP) is 6.01. The molecule has 0 bridgehead atoms. The summed E-state index contributed by atoms with van der Waals surface area (Å²) in [5.41, 5.74) is 2.01. The van der Waals surface area contributed by atoms with Crippen molar-refractivity contribution in [2.45, 2.75) is 65.2 Å². The highest BCUT2D eigenvalue weighted by atomic mass is 16.1. The predicted molar refractivity (Wildman–Crippen MR) is 103 cm³/mol. The monoisotopic (exact) mass is 326 g/mol. The zero-order valence-electron chi connectivity index (χ0n) is 15.1. The van der Waals surface area contributed by atoms with Crippen molar-refractivity contribution in [1.82, 2.24) is 0 Å². The summed E-state index contributed by atoms with van der Waals surface area (Å²) < 4.78 is 0. The molecule has 2 nitrogen and oxygen atoms in total. The SMILES string of the molecule is CCCCCC(=O)/C=C/c1ccc(/C=C/C(=O)CCCCC)cc1. The van der Waals surface area contributed by atoms with Crippen LogP contribution in [0.25, 0.3) is 12.2 Å². The molecule has 0 aliphatic carbocycles. The van der Waals surface area contributed by atoms with Crippen LogP contribution < -0.4 is 0 Å². The Bertz CT molecular complexity index is 499. The van der Waals surface area contributed by atoms with Crippen molar-refractivity contribution >= 4 is 23.7 Å². The van der Waals surface area contributed by atoms with Crippen LogP contribution in [0, 0.1) is 0 Å². The van der Waals surface area contributed by atoms with E-state index in [4.69, 9.17) is 0 Å². The van der Waals surface area contributed by atoms with Crippen molar-refractivity contribution in [2.24, 2.45) is 0 Å². The molecule has 1 rings (SSSR count). The summed E-state index contributed by atoms with van der Waals surface area (Å²) in [4.78, 5) is 23.4. The van der Waals surface area contributed by atoms with E-state index in [1.807, 2.05) is 36.4 Å². The molecule has 0 radical (unpaired) electrons. The van der Waals surface area contributed by atoms with Crippen LogP contribution in [0.15, 0.2) is 36.4 Å². The van der Waals surface area contributed by atoms with Gasteiger partial charge in [-0.15, -0.1) is 0 Å². The number of hydrogen-bond donors (Lipinski definition) is 0. The van der Waals surface area contributed by atoms with Crippen LogP contribution in [0.3, 0.4) is 0 Å². The fourth-order valence-corrected chi connectivity index (χ4v) is 2.36. The Hall–Kier alpha value is -1.96. The van der Waals surface area contributed by atoms with Crippen molar-refractivity contribution in [3.8, 4) is 0 Å². The molecule has 24 heavy (non-hydrogen) atoms. The first kappa shape index (κ1) is 20.1. The van der Waals surface area contributed by atoms with E-state index in [9.17, 15) is 9.59 Å². The van der Waals surface area contributed by atoms with Gasteiger partial charge >= 0.3 is 0 Å². The Kier molecular flexibility index (Phi) is 10.4. The molecule has 0 atom stereocenters. The highest BCUT2D eigenvalue weighted by Gasteiger charge is 1.98. The van der Waals surface area contributed by atoms with Gasteiger partial charge in [0.2, 0.25) is 0 Å². The van der Waals surface area contributed by atoms with Crippen LogP contribution in [0.1, 0.15) is 76.3 Å². The molecule has 1 aromatic rings. The van der Waals surface area contributed by atoms with Gasteiger partial charge in [-0.2, -0.15) is 0 Å². The molecule has 0 fully saturated rings. The van der Waals surface area contributed by atoms with Crippen LogP contribution in [0.5, 0.6) is 0 Å². The van der Waals surface area contributed by atoms with Crippen LogP contribution in [0.2, 0.25) is 0 Å². The van der Waals surface area contributed by atoms with Crippen molar-refractivity contribution in [1.29, 1.82) is 0 Å². The van der Waals surface area contributed by atoms with E-state index in [1.165, 1.54) is 0 Å². The lowest BCUT2D eigenvalue weighted by atomic mass is 10.1. The highest BCUT2D eigenvalue weighted by Crippen LogP contribution is 2.10. The van der Waals surface area contributed by atoms with Gasteiger partial charge < -0.3 is 0 Å². The summed E-state index contributed by atoms with van der Waals surface area (Å²) in [5, 5.41) is 0. The topological polar surface area (TPSA) is 34.1 Å². The molecular formula is C22H30O2. The zero-order valence-corrected chi connectivity index (χ0v) is 15.1. The zero-order chi connectivity index (χ0) is 17.6. The van der Waals surface area contributed by atoms with Crippen molar-refractivity contribution in [2.75, 3.05) is 0 Å². The van der Waals surface area contributed by atoms with Crippen LogP contribution in [-0.2, 0) is 9.59 Å². The molecule has 0 aliphatic heterocycles. The molecule has 0 unspecified atom stereocenters. The maximum absolute atomic E-state index is 11.7. The summed E-state index contributed by atoms with van der Waals surface area (Å²) in [6.45, 7) is 4.27. The number of unbranched alkanes of at least 4 members (excludes halogenated alkanes) is 4. The standard InChI is InChI=1S/C22H30O2/c1-3-5-7-9-21(23)17-15-19-11-13-20(14-12-19)16-18-22(24)10-8-6-4-2/h11-18H,3-10H2,1-2H3/b17-15+,18-16+. The van der Waals surface area contributed by atoms with Gasteiger partial charge in [0.1, 0.15) is 0 Å². The number of carbonyl (C=O) groups is 2. The second kappa shape index (κ2) is 12.5. The third-order valence-electron chi connectivity index (χ3n) is 3.91. The minimum atomic E-state index is 0.185. The maximum Gasteiger partial charge on any atom is 0.155 e. The summed E-state index contributed by atoms with van der Waals surface area (Å²) in [6, 6.07) is 7.88. The Morgan fingerprint density at radius 2 is 1.08 bits per heavy atom. The van der Waals surface area contributed by atoms with Gasteiger partial charge in [-0.05, 0) is 36.1 Å². The van der Waals surface area contributed by atoms with E-state index in [2.05, 4.69) is 13.8 Å². The van der Waals surface area contributed by atoms with Crippen LogP contribution in [0.4, 0.5) is 0 Å². The van der Waals surface area contributed by atoms with Gasteiger partial charge in [0, 0.05) is 12.8 Å². The van der Waals surface area contributed by atoms with E-state index in [0.29, 0.717) is 12.8 Å². The van der Waals surface area contributed by atoms with Crippen molar-refractivity contribution in [3.05, 3.63) is 47.5 Å². The molecule has 0 amide bonds. The molecule has 0 saturated heterocycles. The highest BCUT2D eigenvalue weighted by molar-refractivity contribution is 5.94. The van der Waals surface area contributed by atoms with E-state index >= 15 is 0 Å². The van der Waals surface area contributed by atoms with Crippen molar-refractivity contribution in [3.63, 3.8) is 0 Å². The smallest absolute Gasteiger partial charge is 0.155 e. The number of ketones is 2. The maximum atomic E-state index is 11.7. The summed E-state index contributed by atoms with van der Waals surface area (Å²) in [7, 11) is 0. The molecule has 1 aromatic carbocycles. The molecule has 0 spiro atoms. The minimum absolute atomic E-state index is 0.185. The van der Waals surface area contributed by atoms with Gasteiger partial charge in [-0.1, -0.05) is 75.9 Å². The Labute approximate surface area is 146 Å². The van der Waals surface area contributed by atoms with Crippen molar-refractivity contribution < 1.29 is 9.59 Å². The second-order valence-corrected chi connectivity index (χ2v) is 6.18. The molecular weight excluding hydrogens is 296 g/mol. The third-order valence-corrected chi connectivity index (χ3v) is 3.91. The number of rotatable bonds is 12. The molecule has 0 aliphatic rings. The number of hydrogen-bond acceptors (Lipinski definition) is 2. The van der Waals surface area contributed by atoms with Gasteiger partial charge in [0.05, 0.1) is 0 Å². The van der Waals surface area contributed by atoms with E-state index in [1.54, 1.807) is 12.2 Å². The van der Waals surface area contributed by atoms with Gasteiger partial charge in [0.15, 0.2) is 11.6 Å². The first-order chi connectivity index (χ1) is 11.7. The molecule has 0 N–H and O–H groups in total. The van der Waals surface area contributed by atoms with Crippen LogP contribution >= 0.6 is 0 Å². The average Bonchev–Trinajstić information content (AvgIpc) is 2.59. The third kappa shape index (κ3) is 9.24. The minimum Gasteiger partial charge on any atom is -0.295 e. The van der Waals surface area contributed by atoms with Crippen LogP contribution in [-0.4, -0.2) is 11.6 Å². The fourth-order valence-electron chi connectivity index (χ4n) is 2.36. The molecule has 0 aromatic heterocycles. The van der Waals surface area contributed by atoms with E-state index in [0.717, 1.165) is 49.7 Å². The first-order valence-corrected chi connectivity index (χ1v) is 9.17. The molecule has 0 heterocycles. The Morgan fingerprint density at radius 1 is 0.708 bits per heavy atom. The second-order valence-electron chi connectivity index (χ2n) is 6.18. The fraction of sp³-hybridized carbons (Fsp3) is 0.455. The number of allylic oxidation sites excluding steroid dienone is 2. The van der Waals surface area contributed by atoms with E-state index in [-0.39, 0.29) is 11.6 Å². The van der Waals surface area contributed by atoms with Gasteiger partial charge in [-0.25, -0.2) is 0 Å². The molecule has 130 valence electrons. The summed E-state index contributed by atoms with van der Waals surface area (Å²) in [6.07, 6.45) is 14.7. The lowest BCUT2D eigenvalue weighted by Crippen LogP contribution is -1.92. The normalized spacial score (nSPS) is 11.4. The lowest BCUT2D eigenvalue weighted by Gasteiger charge is -1.98. The average molecular weight is 326 g/mol. The Morgan fingerprint density at radius 3 is 1.42 bits per heavy atom. The van der Waals surface area contributed by atoms with Gasteiger partial charge in [-0.3, -0.25) is 9.59 Å². The number of benzene rings is 1. The first-order valence-electron chi connectivity index (χ1n) is 9.17. The number of carbonyl (C=O) groups excluding carboxylic acids is 2.